The third kappa shape index (κ3) is 2.49. The van der Waals surface area contributed by atoms with Crippen LogP contribution in [0.5, 0.6) is 0 Å². The molecule has 0 bridgehead atoms. The predicted octanol–water partition coefficient (Wildman–Crippen LogP) is 0.177. The summed E-state index contributed by atoms with van der Waals surface area (Å²) in [4.78, 5) is 24.9. The van der Waals surface area contributed by atoms with Gasteiger partial charge in [-0.25, -0.2) is 4.79 Å². The SMILES string of the molecule is O=C(O)c1cccn1C1CCN(C(=O)c2nn[nH]n2)CC1. The van der Waals surface area contributed by atoms with Crippen molar-refractivity contribution in [2.24, 2.45) is 0 Å². The highest BCUT2D eigenvalue weighted by molar-refractivity contribution is 5.90. The first-order valence-electron chi connectivity index (χ1n) is 6.59. The first kappa shape index (κ1) is 13.3. The fourth-order valence-electron chi connectivity index (χ4n) is 2.63. The Kier molecular flexibility index (Phi) is 3.38. The lowest BCUT2D eigenvalue weighted by atomic mass is 10.0. The van der Waals surface area contributed by atoms with E-state index in [0.29, 0.717) is 25.9 Å². The molecule has 1 aliphatic rings. The van der Waals surface area contributed by atoms with E-state index >= 15 is 0 Å². The molecule has 0 aromatic carbocycles. The Balaban J connectivity index is 1.66. The van der Waals surface area contributed by atoms with Crippen LogP contribution in [0.25, 0.3) is 0 Å². The van der Waals surface area contributed by atoms with Gasteiger partial charge in [0, 0.05) is 25.3 Å². The summed E-state index contributed by atoms with van der Waals surface area (Å²) in [7, 11) is 0. The zero-order valence-electron chi connectivity index (χ0n) is 11.1. The van der Waals surface area contributed by atoms with E-state index in [-0.39, 0.29) is 23.5 Å². The van der Waals surface area contributed by atoms with Crippen LogP contribution in [0.4, 0.5) is 0 Å². The third-order valence-corrected chi connectivity index (χ3v) is 3.68. The van der Waals surface area contributed by atoms with Crippen LogP contribution in [0.3, 0.4) is 0 Å². The van der Waals surface area contributed by atoms with Gasteiger partial charge in [0.2, 0.25) is 0 Å². The van der Waals surface area contributed by atoms with Crippen LogP contribution >= 0.6 is 0 Å². The van der Waals surface area contributed by atoms with Crippen LogP contribution in [0.1, 0.15) is 40.0 Å². The zero-order chi connectivity index (χ0) is 14.8. The molecular formula is C12H14N6O3. The van der Waals surface area contributed by atoms with E-state index in [0.717, 1.165) is 0 Å². The molecule has 0 unspecified atom stereocenters. The van der Waals surface area contributed by atoms with Crippen molar-refractivity contribution in [1.29, 1.82) is 0 Å². The standard InChI is InChI=1S/C12H14N6O3/c19-11(10-13-15-16-14-10)17-6-3-8(4-7-17)18-5-1-2-9(18)12(20)21/h1-2,5,8H,3-4,6-7H2,(H,20,21)(H,13,14,15,16). The average molecular weight is 290 g/mol. The Bertz CT molecular complexity index is 642. The normalized spacial score (nSPS) is 16.1. The maximum atomic E-state index is 12.1. The van der Waals surface area contributed by atoms with Gasteiger partial charge in [0.1, 0.15) is 5.69 Å². The molecule has 2 N–H and O–H groups in total. The van der Waals surface area contributed by atoms with Crippen molar-refractivity contribution in [3.05, 3.63) is 29.8 Å². The van der Waals surface area contributed by atoms with Gasteiger partial charge in [-0.15, -0.1) is 10.2 Å². The third-order valence-electron chi connectivity index (χ3n) is 3.68. The van der Waals surface area contributed by atoms with Gasteiger partial charge in [-0.3, -0.25) is 4.79 Å². The quantitative estimate of drug-likeness (QED) is 0.832. The van der Waals surface area contributed by atoms with Crippen LogP contribution in [-0.4, -0.2) is 60.2 Å². The van der Waals surface area contributed by atoms with Crippen molar-refractivity contribution in [3.8, 4) is 0 Å². The summed E-state index contributed by atoms with van der Waals surface area (Å²) in [5.74, 6) is -1.14. The largest absolute Gasteiger partial charge is 0.477 e. The lowest BCUT2D eigenvalue weighted by Gasteiger charge is -2.32. The number of piperidine rings is 1. The minimum atomic E-state index is -0.940. The number of aromatic amines is 1. The van der Waals surface area contributed by atoms with E-state index in [2.05, 4.69) is 20.6 Å². The van der Waals surface area contributed by atoms with Crippen molar-refractivity contribution in [3.63, 3.8) is 0 Å². The number of likely N-dealkylation sites (tertiary alicyclic amines) is 1. The van der Waals surface area contributed by atoms with E-state index in [9.17, 15) is 9.59 Å². The molecular weight excluding hydrogens is 276 g/mol. The highest BCUT2D eigenvalue weighted by atomic mass is 16.4. The number of aromatic carboxylic acids is 1. The number of H-pyrrole nitrogens is 1. The van der Waals surface area contributed by atoms with Crippen LogP contribution in [0, 0.1) is 0 Å². The molecule has 21 heavy (non-hydrogen) atoms. The van der Waals surface area contributed by atoms with Gasteiger partial charge in [0.05, 0.1) is 0 Å². The second kappa shape index (κ2) is 5.35. The summed E-state index contributed by atoms with van der Waals surface area (Å²) in [5.41, 5.74) is 0.276. The van der Waals surface area contributed by atoms with E-state index < -0.39 is 5.97 Å². The Morgan fingerprint density at radius 2 is 2.10 bits per heavy atom. The van der Waals surface area contributed by atoms with Crippen LogP contribution in [0.15, 0.2) is 18.3 Å². The molecule has 0 spiro atoms. The van der Waals surface area contributed by atoms with E-state index in [1.54, 1.807) is 27.8 Å². The first-order valence-corrected chi connectivity index (χ1v) is 6.59. The molecule has 2 aromatic rings. The van der Waals surface area contributed by atoms with Crippen molar-refractivity contribution >= 4 is 11.9 Å². The van der Waals surface area contributed by atoms with Gasteiger partial charge in [0.15, 0.2) is 0 Å². The lowest BCUT2D eigenvalue weighted by Crippen LogP contribution is -2.39. The first-order chi connectivity index (χ1) is 10.2. The molecule has 0 aliphatic carbocycles. The Morgan fingerprint density at radius 1 is 1.33 bits per heavy atom. The highest BCUT2D eigenvalue weighted by Crippen LogP contribution is 2.25. The van der Waals surface area contributed by atoms with Crippen LogP contribution < -0.4 is 0 Å². The molecule has 1 saturated heterocycles. The molecule has 0 atom stereocenters. The monoisotopic (exact) mass is 290 g/mol. The minimum absolute atomic E-state index is 0.0561. The van der Waals surface area contributed by atoms with E-state index in [1.165, 1.54) is 0 Å². The smallest absolute Gasteiger partial charge is 0.352 e. The molecule has 9 nitrogen and oxygen atoms in total. The van der Waals surface area contributed by atoms with Gasteiger partial charge < -0.3 is 14.6 Å². The number of hydrogen-bond donors (Lipinski definition) is 2. The molecule has 0 saturated carbocycles. The summed E-state index contributed by atoms with van der Waals surface area (Å²) < 4.78 is 1.76. The van der Waals surface area contributed by atoms with Crippen molar-refractivity contribution in [1.82, 2.24) is 30.1 Å². The number of rotatable bonds is 3. The summed E-state index contributed by atoms with van der Waals surface area (Å²) in [6.45, 7) is 1.07. The van der Waals surface area contributed by atoms with Crippen LogP contribution in [-0.2, 0) is 0 Å². The van der Waals surface area contributed by atoms with Gasteiger partial charge in [-0.1, -0.05) is 0 Å². The molecule has 1 fully saturated rings. The summed E-state index contributed by atoms with van der Waals surface area (Å²) in [6.07, 6.45) is 3.15. The fourth-order valence-corrected chi connectivity index (χ4v) is 2.63. The topological polar surface area (TPSA) is 117 Å². The van der Waals surface area contributed by atoms with Crippen molar-refractivity contribution in [2.75, 3.05) is 13.1 Å². The number of aromatic nitrogens is 5. The molecule has 0 radical (unpaired) electrons. The average Bonchev–Trinajstić information content (AvgIpc) is 3.18. The Morgan fingerprint density at radius 3 is 2.71 bits per heavy atom. The fraction of sp³-hybridized carbons (Fsp3) is 0.417. The summed E-state index contributed by atoms with van der Waals surface area (Å²) in [5, 5.41) is 22.1. The maximum Gasteiger partial charge on any atom is 0.352 e. The molecule has 110 valence electrons. The number of tetrazole rings is 1. The lowest BCUT2D eigenvalue weighted by molar-refractivity contribution is 0.0644. The molecule has 3 heterocycles. The zero-order valence-corrected chi connectivity index (χ0v) is 11.1. The van der Waals surface area contributed by atoms with Gasteiger partial charge >= 0.3 is 5.97 Å². The second-order valence-electron chi connectivity index (χ2n) is 4.86. The van der Waals surface area contributed by atoms with Gasteiger partial charge in [-0.05, 0) is 30.2 Å². The number of amides is 1. The van der Waals surface area contributed by atoms with Crippen molar-refractivity contribution in [2.45, 2.75) is 18.9 Å². The molecule has 1 amide bonds. The van der Waals surface area contributed by atoms with E-state index in [4.69, 9.17) is 5.11 Å². The molecule has 2 aromatic heterocycles. The van der Waals surface area contributed by atoms with Crippen molar-refractivity contribution < 1.29 is 14.7 Å². The molecule has 9 heteroatoms. The number of nitrogens with zero attached hydrogens (tertiary/aromatic N) is 5. The molecule has 1 aliphatic heterocycles. The number of nitrogens with one attached hydrogen (secondary N) is 1. The van der Waals surface area contributed by atoms with Crippen LogP contribution in [0.2, 0.25) is 0 Å². The van der Waals surface area contributed by atoms with E-state index in [1.807, 2.05) is 0 Å². The number of carbonyl (C=O) groups excluding carboxylic acids is 1. The Hall–Kier alpha value is -2.71. The maximum absolute atomic E-state index is 12.1. The number of carboxylic acid groups (broad SMARTS) is 1. The highest BCUT2D eigenvalue weighted by Gasteiger charge is 2.27. The van der Waals surface area contributed by atoms with Gasteiger partial charge in [0.25, 0.3) is 11.7 Å². The number of hydrogen-bond acceptors (Lipinski definition) is 5. The second-order valence-corrected chi connectivity index (χ2v) is 4.86. The number of carbonyl (C=O) groups is 2. The minimum Gasteiger partial charge on any atom is -0.477 e. The van der Waals surface area contributed by atoms with Gasteiger partial charge in [-0.2, -0.15) is 5.21 Å². The Labute approximate surface area is 119 Å². The number of carboxylic acids is 1. The summed E-state index contributed by atoms with van der Waals surface area (Å²) >= 11 is 0. The molecule has 3 rings (SSSR count). The summed E-state index contributed by atoms with van der Waals surface area (Å²) in [6, 6.07) is 3.39. The predicted molar refractivity (Wildman–Crippen MR) is 69.7 cm³/mol.